The third-order valence-corrected chi connectivity index (χ3v) is 6.41. The highest BCUT2D eigenvalue weighted by Crippen LogP contribution is 2.33. The molecule has 1 aliphatic carbocycles. The summed E-state index contributed by atoms with van der Waals surface area (Å²) in [5, 5.41) is 3.13. The van der Waals surface area contributed by atoms with Crippen LogP contribution in [0.3, 0.4) is 0 Å². The van der Waals surface area contributed by atoms with Gasteiger partial charge in [0, 0.05) is 19.3 Å². The van der Waals surface area contributed by atoms with E-state index in [4.69, 9.17) is 0 Å². The molecular formula is C29H32N2O. The molecule has 0 fully saturated rings. The Morgan fingerprint density at radius 2 is 1.56 bits per heavy atom. The maximum atomic E-state index is 12.9. The molecule has 4 rings (SSSR count). The number of rotatable bonds is 5. The molecule has 0 spiro atoms. The highest BCUT2D eigenvalue weighted by atomic mass is 16.2. The molecule has 2 amide bonds. The first kappa shape index (κ1) is 21.9. The number of fused-ring (bicyclic) bond motifs is 2. The maximum Gasteiger partial charge on any atom is 0.321 e. The molecule has 0 aliphatic heterocycles. The van der Waals surface area contributed by atoms with Crippen LogP contribution in [0.25, 0.3) is 5.57 Å². The third-order valence-electron chi connectivity index (χ3n) is 6.41. The van der Waals surface area contributed by atoms with Gasteiger partial charge in [0.1, 0.15) is 0 Å². The quantitative estimate of drug-likeness (QED) is 0.489. The van der Waals surface area contributed by atoms with Crippen molar-refractivity contribution in [2.45, 2.75) is 39.5 Å². The van der Waals surface area contributed by atoms with E-state index >= 15 is 0 Å². The topological polar surface area (TPSA) is 32.3 Å². The summed E-state index contributed by atoms with van der Waals surface area (Å²) < 4.78 is 0. The molecular weight excluding hydrogens is 392 g/mol. The minimum absolute atomic E-state index is 0.0610. The van der Waals surface area contributed by atoms with Crippen molar-refractivity contribution in [3.63, 3.8) is 0 Å². The molecule has 1 N–H and O–H groups in total. The number of hydrogen-bond donors (Lipinski definition) is 1. The largest absolute Gasteiger partial charge is 0.327 e. The van der Waals surface area contributed by atoms with E-state index in [0.717, 1.165) is 36.9 Å². The predicted octanol–water partition coefficient (Wildman–Crippen LogP) is 6.64. The van der Waals surface area contributed by atoms with Gasteiger partial charge < -0.3 is 10.2 Å². The zero-order valence-corrected chi connectivity index (χ0v) is 19.3. The number of benzene rings is 3. The summed E-state index contributed by atoms with van der Waals surface area (Å²) in [7, 11) is 1.87. The number of para-hydroxylation sites is 1. The summed E-state index contributed by atoms with van der Waals surface area (Å²) in [4.78, 5) is 14.6. The van der Waals surface area contributed by atoms with Crippen LogP contribution in [0.5, 0.6) is 0 Å². The van der Waals surface area contributed by atoms with Gasteiger partial charge in [-0.05, 0) is 71.6 Å². The molecule has 1 aliphatic rings. The number of urea groups is 1. The number of anilines is 1. The zero-order chi connectivity index (χ0) is 22.5. The van der Waals surface area contributed by atoms with Crippen LogP contribution < -0.4 is 5.32 Å². The van der Waals surface area contributed by atoms with E-state index in [2.05, 4.69) is 72.9 Å². The van der Waals surface area contributed by atoms with Crippen molar-refractivity contribution < 1.29 is 4.79 Å². The number of carbonyl (C=O) groups is 1. The second-order valence-corrected chi connectivity index (χ2v) is 8.54. The lowest BCUT2D eigenvalue weighted by molar-refractivity contribution is 0.223. The molecule has 0 bridgehead atoms. The van der Waals surface area contributed by atoms with E-state index < -0.39 is 0 Å². The summed E-state index contributed by atoms with van der Waals surface area (Å²) in [6.07, 6.45) is 6.12. The van der Waals surface area contributed by atoms with Crippen LogP contribution in [0, 0.1) is 6.92 Å². The Kier molecular flexibility index (Phi) is 6.75. The molecule has 0 atom stereocenters. The van der Waals surface area contributed by atoms with Gasteiger partial charge in [-0.25, -0.2) is 4.79 Å². The molecule has 164 valence electrons. The predicted molar refractivity (Wildman–Crippen MR) is 134 cm³/mol. The van der Waals surface area contributed by atoms with Crippen molar-refractivity contribution in [3.05, 3.63) is 106 Å². The van der Waals surface area contributed by atoms with Crippen LogP contribution in [-0.4, -0.2) is 24.5 Å². The molecule has 0 heterocycles. The molecule has 3 aromatic carbocycles. The van der Waals surface area contributed by atoms with Crippen LogP contribution in [-0.2, 0) is 19.3 Å². The standard InChI is InChI=1S/C29H32N2O/c1-4-22-14-9-11-21(2)28(22)30-29(32)31(3)20-10-17-27-25-15-7-5-12-23(25)18-19-24-13-6-8-16-26(24)27/h5-9,11-17H,4,10,18-20H2,1-3H3,(H,30,32). The van der Waals surface area contributed by atoms with Crippen molar-refractivity contribution in [1.29, 1.82) is 0 Å². The highest BCUT2D eigenvalue weighted by Gasteiger charge is 2.17. The van der Waals surface area contributed by atoms with E-state index in [9.17, 15) is 4.79 Å². The lowest BCUT2D eigenvalue weighted by atomic mass is 9.93. The van der Waals surface area contributed by atoms with Gasteiger partial charge >= 0.3 is 6.03 Å². The third kappa shape index (κ3) is 4.62. The molecule has 32 heavy (non-hydrogen) atoms. The van der Waals surface area contributed by atoms with Gasteiger partial charge in [-0.15, -0.1) is 0 Å². The zero-order valence-electron chi connectivity index (χ0n) is 19.3. The lowest BCUT2D eigenvalue weighted by Crippen LogP contribution is -2.32. The van der Waals surface area contributed by atoms with Gasteiger partial charge in [0.15, 0.2) is 0 Å². The molecule has 3 nitrogen and oxygen atoms in total. The number of nitrogens with zero attached hydrogens (tertiary/aromatic N) is 1. The summed E-state index contributed by atoms with van der Waals surface area (Å²) in [6, 6.07) is 23.5. The first-order chi connectivity index (χ1) is 15.6. The van der Waals surface area contributed by atoms with Crippen molar-refractivity contribution in [1.82, 2.24) is 4.90 Å². The Morgan fingerprint density at radius 1 is 0.938 bits per heavy atom. The molecule has 0 unspecified atom stereocenters. The van der Waals surface area contributed by atoms with Crippen LogP contribution in [0.15, 0.2) is 72.8 Å². The van der Waals surface area contributed by atoms with E-state index in [1.54, 1.807) is 4.90 Å². The molecule has 0 saturated heterocycles. The Hall–Kier alpha value is -3.33. The van der Waals surface area contributed by atoms with Gasteiger partial charge in [-0.1, -0.05) is 79.7 Å². The minimum atomic E-state index is -0.0610. The smallest absolute Gasteiger partial charge is 0.321 e. The average Bonchev–Trinajstić information content (AvgIpc) is 2.97. The van der Waals surface area contributed by atoms with E-state index in [1.165, 1.54) is 33.4 Å². The summed E-state index contributed by atoms with van der Waals surface area (Å²) >= 11 is 0. The van der Waals surface area contributed by atoms with Crippen LogP contribution >= 0.6 is 0 Å². The summed E-state index contributed by atoms with van der Waals surface area (Å²) in [5.74, 6) is 0. The van der Waals surface area contributed by atoms with Gasteiger partial charge in [0.25, 0.3) is 0 Å². The van der Waals surface area contributed by atoms with Gasteiger partial charge in [0.05, 0.1) is 0 Å². The number of aryl methyl sites for hydroxylation is 4. The second-order valence-electron chi connectivity index (χ2n) is 8.54. The Balaban J connectivity index is 1.51. The lowest BCUT2D eigenvalue weighted by Gasteiger charge is -2.20. The first-order valence-corrected chi connectivity index (χ1v) is 11.6. The Morgan fingerprint density at radius 3 is 2.19 bits per heavy atom. The van der Waals surface area contributed by atoms with Crippen molar-refractivity contribution >= 4 is 17.3 Å². The maximum absolute atomic E-state index is 12.9. The van der Waals surface area contributed by atoms with Crippen molar-refractivity contribution in [2.75, 3.05) is 18.9 Å². The van der Waals surface area contributed by atoms with Crippen molar-refractivity contribution in [3.8, 4) is 0 Å². The second kappa shape index (κ2) is 9.86. The van der Waals surface area contributed by atoms with E-state index in [-0.39, 0.29) is 6.03 Å². The summed E-state index contributed by atoms with van der Waals surface area (Å²) in [5.41, 5.74) is 9.92. The van der Waals surface area contributed by atoms with Gasteiger partial charge in [-0.2, -0.15) is 0 Å². The fourth-order valence-corrected chi connectivity index (χ4v) is 4.54. The Bertz CT molecular complexity index is 1100. The first-order valence-electron chi connectivity index (χ1n) is 11.6. The minimum Gasteiger partial charge on any atom is -0.327 e. The summed E-state index contributed by atoms with van der Waals surface area (Å²) in [6.45, 7) is 4.82. The SMILES string of the molecule is CCc1cccc(C)c1NC(=O)N(C)CCC=C1c2ccccc2CCc2ccccc21. The monoisotopic (exact) mass is 424 g/mol. The van der Waals surface area contributed by atoms with Crippen LogP contribution in [0.4, 0.5) is 10.5 Å². The molecule has 0 aromatic heterocycles. The number of hydrogen-bond acceptors (Lipinski definition) is 1. The van der Waals surface area contributed by atoms with E-state index in [0.29, 0.717) is 6.54 Å². The van der Waals surface area contributed by atoms with Gasteiger partial charge in [-0.3, -0.25) is 0 Å². The number of amides is 2. The molecule has 3 heteroatoms. The number of nitrogens with one attached hydrogen (secondary N) is 1. The molecule has 0 radical (unpaired) electrons. The van der Waals surface area contributed by atoms with Crippen LogP contribution in [0.1, 0.15) is 46.7 Å². The highest BCUT2D eigenvalue weighted by molar-refractivity contribution is 5.91. The fraction of sp³-hybridized carbons (Fsp3) is 0.276. The normalized spacial score (nSPS) is 12.4. The van der Waals surface area contributed by atoms with Crippen LogP contribution in [0.2, 0.25) is 0 Å². The molecule has 0 saturated carbocycles. The van der Waals surface area contributed by atoms with E-state index in [1.807, 2.05) is 26.1 Å². The molecule has 3 aromatic rings. The van der Waals surface area contributed by atoms with Crippen molar-refractivity contribution in [2.24, 2.45) is 0 Å². The average molecular weight is 425 g/mol. The fourth-order valence-electron chi connectivity index (χ4n) is 4.54. The number of carbonyl (C=O) groups excluding carboxylic acids is 1. The van der Waals surface area contributed by atoms with Gasteiger partial charge in [0.2, 0.25) is 0 Å². The Labute approximate surface area is 191 Å².